The molecule has 0 aliphatic carbocycles. The fraction of sp³-hybridized carbons (Fsp3) is 0.250. The Bertz CT molecular complexity index is 1860. The molecule has 6 nitrogen and oxygen atoms in total. The summed E-state index contributed by atoms with van der Waals surface area (Å²) in [6.45, 7) is 7.48. The van der Waals surface area contributed by atoms with E-state index in [1.54, 1.807) is 6.07 Å². The summed E-state index contributed by atoms with van der Waals surface area (Å²) in [5.41, 5.74) is 7.16. The van der Waals surface area contributed by atoms with Gasteiger partial charge < -0.3 is 19.6 Å². The van der Waals surface area contributed by atoms with E-state index in [9.17, 15) is 14.7 Å². The molecule has 1 unspecified atom stereocenters. The van der Waals surface area contributed by atoms with Crippen molar-refractivity contribution in [1.82, 2.24) is 10.2 Å². The van der Waals surface area contributed by atoms with Crippen molar-refractivity contribution < 1.29 is 38.0 Å². The molecule has 248 valence electrons. The van der Waals surface area contributed by atoms with Crippen LogP contribution in [-0.2, 0) is 17.9 Å². The number of rotatable bonds is 14. The predicted octanol–water partition coefficient (Wildman–Crippen LogP) is 5.26. The molecule has 0 saturated carbocycles. The third-order valence-corrected chi connectivity index (χ3v) is 9.31. The summed E-state index contributed by atoms with van der Waals surface area (Å²) in [5.74, 6) is 0.501. The van der Waals surface area contributed by atoms with Crippen molar-refractivity contribution in [2.24, 2.45) is 0 Å². The van der Waals surface area contributed by atoms with E-state index in [2.05, 4.69) is 42.3 Å². The van der Waals surface area contributed by atoms with Crippen LogP contribution in [0.25, 0.3) is 33.6 Å². The van der Waals surface area contributed by atoms with Gasteiger partial charge in [0, 0.05) is 34.3 Å². The van der Waals surface area contributed by atoms with Gasteiger partial charge in [-0.3, -0.25) is 9.69 Å². The van der Waals surface area contributed by atoms with E-state index >= 15 is 0 Å². The third kappa shape index (κ3) is 9.72. The van der Waals surface area contributed by atoms with Crippen molar-refractivity contribution in [3.8, 4) is 33.6 Å². The third-order valence-electron chi connectivity index (χ3n) is 8.41. The van der Waals surface area contributed by atoms with E-state index < -0.39 is 17.9 Å². The van der Waals surface area contributed by atoms with Crippen LogP contribution in [0.4, 0.5) is 0 Å². The molecule has 1 atom stereocenters. The van der Waals surface area contributed by atoms with E-state index in [0.29, 0.717) is 29.4 Å². The van der Waals surface area contributed by atoms with E-state index in [-0.39, 0.29) is 31.3 Å². The minimum Gasteiger partial charge on any atom is -0.548 e. The molecule has 0 saturated heterocycles. The van der Waals surface area contributed by atoms with Crippen molar-refractivity contribution in [3.05, 3.63) is 131 Å². The monoisotopic (exact) mass is 686 g/mol. The fourth-order valence-corrected chi connectivity index (χ4v) is 6.33. The quantitative estimate of drug-likeness (QED) is 0.161. The van der Waals surface area contributed by atoms with Crippen LogP contribution in [0.3, 0.4) is 0 Å². The van der Waals surface area contributed by atoms with Gasteiger partial charge in [-0.15, -0.1) is 0 Å². The van der Waals surface area contributed by atoms with Crippen LogP contribution in [0.15, 0.2) is 108 Å². The Balaban J connectivity index is 0.00000541. The Morgan fingerprint density at radius 1 is 0.857 bits per heavy atom. The summed E-state index contributed by atoms with van der Waals surface area (Å²) in [5, 5.41) is 15.2. The van der Waals surface area contributed by atoms with Crippen molar-refractivity contribution in [2.75, 3.05) is 12.0 Å². The topological polar surface area (TPSA) is 85.6 Å². The van der Waals surface area contributed by atoms with Gasteiger partial charge in [0.1, 0.15) is 11.5 Å². The van der Waals surface area contributed by atoms with E-state index in [4.69, 9.17) is 16.0 Å². The normalized spacial score (nSPS) is 11.7. The largest absolute Gasteiger partial charge is 1.00 e. The van der Waals surface area contributed by atoms with Crippen molar-refractivity contribution >= 4 is 35.2 Å². The fourth-order valence-electron chi connectivity index (χ4n) is 5.73. The van der Waals surface area contributed by atoms with Gasteiger partial charge in [-0.1, -0.05) is 72.3 Å². The van der Waals surface area contributed by atoms with Gasteiger partial charge in [0.25, 0.3) is 5.91 Å². The number of carboxylic acids is 1. The molecule has 0 radical (unpaired) electrons. The summed E-state index contributed by atoms with van der Waals surface area (Å²) in [7, 11) is 0. The number of furan rings is 1. The second-order valence-electron chi connectivity index (χ2n) is 12.1. The van der Waals surface area contributed by atoms with Crippen LogP contribution in [0.5, 0.6) is 0 Å². The smallest absolute Gasteiger partial charge is 0.548 e. The molecule has 5 rings (SSSR count). The number of hydrogen-bond acceptors (Lipinski definition) is 6. The van der Waals surface area contributed by atoms with Crippen molar-refractivity contribution in [2.45, 2.75) is 52.4 Å². The average Bonchev–Trinajstić information content (AvgIpc) is 3.50. The number of amides is 1. The molecule has 9 heteroatoms. The van der Waals surface area contributed by atoms with Crippen molar-refractivity contribution in [1.29, 1.82) is 0 Å². The Kier molecular flexibility index (Phi) is 13.8. The summed E-state index contributed by atoms with van der Waals surface area (Å²) < 4.78 is 6.56. The number of nitrogens with zero attached hydrogens (tertiary/aromatic N) is 1. The van der Waals surface area contributed by atoms with Crippen LogP contribution in [0.2, 0.25) is 5.02 Å². The first-order valence-corrected chi connectivity index (χ1v) is 17.8. The zero-order valence-electron chi connectivity index (χ0n) is 28.7. The molecule has 0 fully saturated rings. The van der Waals surface area contributed by atoms with Gasteiger partial charge in [-0.25, -0.2) is 0 Å². The van der Waals surface area contributed by atoms with Gasteiger partial charge >= 0.3 is 18.9 Å². The SMILES string of the molecule is CSCCC(NC(=O)c1ccc(CN(Cc2cc(-c3ccccc3)c(-c3ccc(Cl)cc3)o2)C(C)C)cc1-c1ccccc1C)C(=O)[O-].[Li+]. The Hall–Kier alpha value is -3.70. The maximum absolute atomic E-state index is 13.6. The van der Waals surface area contributed by atoms with Gasteiger partial charge in [-0.2, -0.15) is 11.8 Å². The molecular weight excluding hydrogens is 647 g/mol. The Labute approximate surface area is 310 Å². The molecule has 5 aromatic rings. The zero-order chi connectivity index (χ0) is 34.2. The first kappa shape index (κ1) is 38.1. The molecule has 0 bridgehead atoms. The van der Waals surface area contributed by atoms with E-state index in [1.165, 1.54) is 11.8 Å². The number of aryl methyl sites for hydroxylation is 1. The molecule has 4 aromatic carbocycles. The van der Waals surface area contributed by atoms with Crippen LogP contribution >= 0.6 is 23.4 Å². The molecule has 0 aliphatic rings. The average molecular weight is 687 g/mol. The van der Waals surface area contributed by atoms with Gasteiger partial charge in [-0.05, 0) is 109 Å². The zero-order valence-corrected chi connectivity index (χ0v) is 30.2. The molecule has 0 spiro atoms. The predicted molar refractivity (Wildman–Crippen MR) is 195 cm³/mol. The molecule has 49 heavy (non-hydrogen) atoms. The second-order valence-corrected chi connectivity index (χ2v) is 13.6. The number of nitrogens with one attached hydrogen (secondary N) is 1. The molecule has 1 amide bonds. The Morgan fingerprint density at radius 3 is 2.20 bits per heavy atom. The van der Waals surface area contributed by atoms with Crippen LogP contribution in [0, 0.1) is 6.92 Å². The number of carbonyl (C=O) groups excluding carboxylic acids is 2. The standard InChI is InChI=1S/C40H41ClN2O4S.Li/c1-26(2)43(25-32-23-35(29-11-6-5-7-12-29)38(47-32)30-15-17-31(41)18-16-30)24-28-14-19-34(36(22-28)33-13-9-8-10-27(33)3)39(44)42-37(40(45)46)20-21-48-4;/h5-19,22-23,26,37H,20-21,24-25H2,1-4H3,(H,42,44)(H,45,46);/q;+1/p-1. The van der Waals surface area contributed by atoms with Crippen molar-refractivity contribution in [3.63, 3.8) is 0 Å². The van der Waals surface area contributed by atoms with E-state index in [1.807, 2.05) is 92.0 Å². The molecule has 1 heterocycles. The number of benzene rings is 4. The number of carbonyl (C=O) groups is 2. The van der Waals surface area contributed by atoms with Crippen LogP contribution in [-0.4, -0.2) is 40.9 Å². The van der Waals surface area contributed by atoms with Gasteiger partial charge in [0.2, 0.25) is 0 Å². The molecule has 0 aliphatic heterocycles. The number of hydrogen-bond donors (Lipinski definition) is 1. The minimum atomic E-state index is -1.29. The van der Waals surface area contributed by atoms with E-state index in [0.717, 1.165) is 50.5 Å². The maximum Gasteiger partial charge on any atom is 1.00 e. The van der Waals surface area contributed by atoms with Gasteiger partial charge in [0.15, 0.2) is 0 Å². The number of aliphatic carboxylic acids is 1. The number of carboxylic acid groups (broad SMARTS) is 1. The maximum atomic E-state index is 13.6. The first-order chi connectivity index (χ1) is 23.1. The second kappa shape index (κ2) is 17.8. The number of thioether (sulfide) groups is 1. The Morgan fingerprint density at radius 2 is 1.55 bits per heavy atom. The van der Waals surface area contributed by atoms with Gasteiger partial charge in [0.05, 0.1) is 18.6 Å². The number of halogens is 1. The summed E-state index contributed by atoms with van der Waals surface area (Å²) in [6.07, 6.45) is 2.19. The van der Waals surface area contributed by atoms with Crippen LogP contribution < -0.4 is 29.3 Å². The molecule has 1 aromatic heterocycles. The molecular formula is C40H40ClLiN2O4S. The summed E-state index contributed by atoms with van der Waals surface area (Å²) in [6, 6.07) is 32.8. The first-order valence-electron chi connectivity index (χ1n) is 16.0. The summed E-state index contributed by atoms with van der Waals surface area (Å²) >= 11 is 7.72. The summed E-state index contributed by atoms with van der Waals surface area (Å²) in [4.78, 5) is 27.7. The minimum absolute atomic E-state index is 0. The van der Waals surface area contributed by atoms with Crippen LogP contribution in [0.1, 0.15) is 47.5 Å². The molecule has 1 N–H and O–H groups in total.